The highest BCUT2D eigenvalue weighted by Crippen LogP contribution is 2.11. The van der Waals surface area contributed by atoms with E-state index in [-0.39, 0.29) is 0 Å². The fraction of sp³-hybridized carbons (Fsp3) is 0.250. The molecule has 1 aromatic carbocycles. The predicted molar refractivity (Wildman–Crippen MR) is 51.9 cm³/mol. The van der Waals surface area contributed by atoms with Crippen LogP contribution in [0.5, 0.6) is 0 Å². The summed E-state index contributed by atoms with van der Waals surface area (Å²) < 4.78 is 18.3. The lowest BCUT2D eigenvalue weighted by atomic mass is 10.2. The van der Waals surface area contributed by atoms with Crippen LogP contribution in [0.2, 0.25) is 5.02 Å². The molecule has 66 valence electrons. The molecule has 1 rings (SSSR count). The molecule has 12 heavy (non-hydrogen) atoms. The molecule has 1 N–H and O–H groups in total. The van der Waals surface area contributed by atoms with Crippen molar-refractivity contribution in [2.75, 3.05) is 6.26 Å². The topological polar surface area (TPSA) is 40.9 Å². The van der Waals surface area contributed by atoms with Crippen molar-refractivity contribution in [3.05, 3.63) is 34.9 Å². The molecule has 2 nitrogen and oxygen atoms in total. The number of halogens is 1. The predicted octanol–water partition coefficient (Wildman–Crippen LogP) is 2.52. The van der Waals surface area contributed by atoms with Gasteiger partial charge in [0.15, 0.2) is 0 Å². The summed E-state index contributed by atoms with van der Waals surface area (Å²) in [5, 5.41) is 0.659. The molecule has 1 unspecified atom stereocenters. The highest BCUT2D eigenvalue weighted by molar-refractivity contribution is 7.90. The summed E-state index contributed by atoms with van der Waals surface area (Å²) in [6.45, 7) is 0. The Labute approximate surface area is 77.5 Å². The minimum absolute atomic E-state index is 0.296. The molecule has 0 bridgehead atoms. The zero-order valence-corrected chi connectivity index (χ0v) is 8.28. The van der Waals surface area contributed by atoms with Gasteiger partial charge < -0.3 is 0 Å². The molecule has 0 spiro atoms. The van der Waals surface area contributed by atoms with Crippen molar-refractivity contribution in [3.8, 4) is 0 Å². The Kier molecular flexibility index (Phi) is 2.75. The summed E-state index contributed by atoms with van der Waals surface area (Å²) in [6, 6.07) is 7.06. The smallest absolute Gasteiger partial charge is 0.0563 e. The van der Waals surface area contributed by atoms with E-state index in [4.69, 9.17) is 16.4 Å². The van der Waals surface area contributed by atoms with E-state index in [0.717, 1.165) is 5.56 Å². The summed E-state index contributed by atoms with van der Waals surface area (Å²) in [6.07, 6.45) is 1.43. The quantitative estimate of drug-likeness (QED) is 0.789. The SMILES string of the molecule is CS(=N)(=O)Cc1ccc(Cl)cc1. The molecule has 0 saturated carbocycles. The maximum atomic E-state index is 11.1. The second kappa shape index (κ2) is 3.46. The molecule has 0 aliphatic carbocycles. The van der Waals surface area contributed by atoms with Crippen molar-refractivity contribution < 1.29 is 4.21 Å². The first kappa shape index (κ1) is 9.55. The van der Waals surface area contributed by atoms with Crippen molar-refractivity contribution in [1.82, 2.24) is 0 Å². The number of hydrogen-bond donors (Lipinski definition) is 1. The van der Waals surface area contributed by atoms with Gasteiger partial charge in [-0.1, -0.05) is 23.7 Å². The number of benzene rings is 1. The molecular weight excluding hydrogens is 194 g/mol. The Morgan fingerprint density at radius 3 is 2.33 bits per heavy atom. The van der Waals surface area contributed by atoms with E-state index >= 15 is 0 Å². The summed E-state index contributed by atoms with van der Waals surface area (Å²) >= 11 is 5.66. The van der Waals surface area contributed by atoms with E-state index in [1.54, 1.807) is 24.3 Å². The molecule has 1 aromatic rings. The first-order valence-corrected chi connectivity index (χ1v) is 5.95. The third kappa shape index (κ3) is 3.24. The highest BCUT2D eigenvalue weighted by atomic mass is 35.5. The van der Waals surface area contributed by atoms with Crippen LogP contribution in [-0.4, -0.2) is 10.5 Å². The monoisotopic (exact) mass is 203 g/mol. The standard InChI is InChI=1S/C8H10ClNOS/c1-12(10,11)6-7-2-4-8(9)5-3-7/h2-5,10H,6H2,1H3. The number of rotatable bonds is 2. The van der Waals surface area contributed by atoms with Crippen LogP contribution >= 0.6 is 11.6 Å². The van der Waals surface area contributed by atoms with Crippen molar-refractivity contribution in [2.45, 2.75) is 5.75 Å². The second-order valence-electron chi connectivity index (χ2n) is 2.78. The van der Waals surface area contributed by atoms with E-state index in [2.05, 4.69) is 0 Å². The van der Waals surface area contributed by atoms with Gasteiger partial charge in [-0.15, -0.1) is 0 Å². The normalized spacial score (nSPS) is 15.5. The lowest BCUT2D eigenvalue weighted by molar-refractivity contribution is 0.678. The summed E-state index contributed by atoms with van der Waals surface area (Å²) in [5.74, 6) is 0.296. The number of hydrogen-bond acceptors (Lipinski definition) is 2. The first-order valence-electron chi connectivity index (χ1n) is 3.43. The van der Waals surface area contributed by atoms with Gasteiger partial charge in [0.05, 0.1) is 5.75 Å². The largest absolute Gasteiger partial charge is 0.253 e. The van der Waals surface area contributed by atoms with Gasteiger partial charge in [0.1, 0.15) is 0 Å². The number of nitrogens with one attached hydrogen (secondary N) is 1. The summed E-state index contributed by atoms with van der Waals surface area (Å²) in [5.41, 5.74) is 0.891. The minimum Gasteiger partial charge on any atom is -0.253 e. The van der Waals surface area contributed by atoms with Gasteiger partial charge in [-0.05, 0) is 17.7 Å². The van der Waals surface area contributed by atoms with Gasteiger partial charge in [0.2, 0.25) is 0 Å². The third-order valence-electron chi connectivity index (χ3n) is 1.36. The molecule has 0 aromatic heterocycles. The van der Waals surface area contributed by atoms with Crippen LogP contribution < -0.4 is 0 Å². The van der Waals surface area contributed by atoms with Crippen LogP contribution in [0.4, 0.5) is 0 Å². The van der Waals surface area contributed by atoms with Gasteiger partial charge >= 0.3 is 0 Å². The van der Waals surface area contributed by atoms with Crippen molar-refractivity contribution in [3.63, 3.8) is 0 Å². The van der Waals surface area contributed by atoms with E-state index in [0.29, 0.717) is 10.8 Å². The zero-order chi connectivity index (χ0) is 9.19. The lowest BCUT2D eigenvalue weighted by Crippen LogP contribution is -1.97. The summed E-state index contributed by atoms with van der Waals surface area (Å²) in [4.78, 5) is 0. The molecule has 4 heteroatoms. The Morgan fingerprint density at radius 2 is 1.92 bits per heavy atom. The van der Waals surface area contributed by atoms with Crippen LogP contribution in [0.1, 0.15) is 5.56 Å². The van der Waals surface area contributed by atoms with E-state index in [1.807, 2.05) is 0 Å². The van der Waals surface area contributed by atoms with Crippen LogP contribution in [0.25, 0.3) is 0 Å². The van der Waals surface area contributed by atoms with Gasteiger partial charge in [-0.25, -0.2) is 4.21 Å². The van der Waals surface area contributed by atoms with Crippen LogP contribution in [0.15, 0.2) is 24.3 Å². The lowest BCUT2D eigenvalue weighted by Gasteiger charge is -2.00. The molecule has 0 aliphatic heterocycles. The maximum Gasteiger partial charge on any atom is 0.0563 e. The van der Waals surface area contributed by atoms with Crippen molar-refractivity contribution in [2.24, 2.45) is 0 Å². The summed E-state index contributed by atoms with van der Waals surface area (Å²) in [7, 11) is -2.43. The molecule has 1 atom stereocenters. The highest BCUT2D eigenvalue weighted by Gasteiger charge is 1.99. The molecule has 0 amide bonds. The Bertz CT molecular complexity index is 355. The molecule has 0 fully saturated rings. The minimum atomic E-state index is -2.43. The maximum absolute atomic E-state index is 11.1. The Balaban J connectivity index is 2.85. The van der Waals surface area contributed by atoms with Crippen molar-refractivity contribution in [1.29, 1.82) is 4.78 Å². The average molecular weight is 204 g/mol. The Hall–Kier alpha value is -0.540. The molecular formula is C8H10ClNOS. The second-order valence-corrected chi connectivity index (χ2v) is 5.51. The van der Waals surface area contributed by atoms with Crippen LogP contribution in [-0.2, 0) is 15.5 Å². The van der Waals surface area contributed by atoms with Crippen LogP contribution in [0.3, 0.4) is 0 Å². The molecule has 0 saturated heterocycles. The van der Waals surface area contributed by atoms with Gasteiger partial charge in [-0.2, -0.15) is 0 Å². The van der Waals surface area contributed by atoms with Crippen LogP contribution in [0, 0.1) is 4.78 Å². The molecule has 0 heterocycles. The van der Waals surface area contributed by atoms with Gasteiger partial charge in [0, 0.05) is 21.0 Å². The average Bonchev–Trinajstić information content (AvgIpc) is 1.91. The third-order valence-corrected chi connectivity index (χ3v) is 2.49. The van der Waals surface area contributed by atoms with Crippen molar-refractivity contribution >= 4 is 21.3 Å². The van der Waals surface area contributed by atoms with E-state index in [1.165, 1.54) is 6.26 Å². The molecule has 0 aliphatic rings. The van der Waals surface area contributed by atoms with Gasteiger partial charge in [0.25, 0.3) is 0 Å². The Morgan fingerprint density at radius 1 is 1.42 bits per heavy atom. The van der Waals surface area contributed by atoms with E-state index < -0.39 is 9.73 Å². The molecule has 0 radical (unpaired) electrons. The van der Waals surface area contributed by atoms with E-state index in [9.17, 15) is 4.21 Å². The van der Waals surface area contributed by atoms with Gasteiger partial charge in [-0.3, -0.25) is 4.78 Å². The fourth-order valence-electron chi connectivity index (χ4n) is 0.899. The first-order chi connectivity index (χ1) is 5.47. The fourth-order valence-corrected chi connectivity index (χ4v) is 1.85. The zero-order valence-electron chi connectivity index (χ0n) is 6.71.